The molecule has 0 bridgehead atoms. The minimum atomic E-state index is -0.819. The highest BCUT2D eigenvalue weighted by Gasteiger charge is 2.17. The van der Waals surface area contributed by atoms with Crippen molar-refractivity contribution in [1.82, 2.24) is 0 Å². The average Bonchev–Trinajstić information content (AvgIpc) is 2.70. The third-order valence-electron chi connectivity index (χ3n) is 3.54. The summed E-state index contributed by atoms with van der Waals surface area (Å²) in [5, 5.41) is 2.85. The molecule has 152 valence electrons. The SMILES string of the molecule is COC(=O)c1cc(NC(=O)COC(=O)c2ccc(Cl)cc2Cl)cc(C(=O)OC)c1. The lowest BCUT2D eigenvalue weighted by molar-refractivity contribution is -0.119. The summed E-state index contributed by atoms with van der Waals surface area (Å²) < 4.78 is 14.2. The summed E-state index contributed by atoms with van der Waals surface area (Å²) in [6, 6.07) is 8.05. The van der Waals surface area contributed by atoms with Gasteiger partial charge in [-0.05, 0) is 36.4 Å². The molecular weight excluding hydrogens is 425 g/mol. The van der Waals surface area contributed by atoms with E-state index < -0.39 is 30.4 Å². The van der Waals surface area contributed by atoms with E-state index in [0.717, 1.165) is 0 Å². The van der Waals surface area contributed by atoms with Crippen LogP contribution in [0, 0.1) is 0 Å². The van der Waals surface area contributed by atoms with E-state index in [1.54, 1.807) is 0 Å². The zero-order valence-electron chi connectivity index (χ0n) is 15.3. The number of benzene rings is 2. The van der Waals surface area contributed by atoms with Crippen LogP contribution in [0.4, 0.5) is 5.69 Å². The lowest BCUT2D eigenvalue weighted by Gasteiger charge is -2.10. The molecule has 8 nitrogen and oxygen atoms in total. The molecule has 0 heterocycles. The maximum atomic E-state index is 12.1. The molecule has 0 atom stereocenters. The fourth-order valence-corrected chi connectivity index (χ4v) is 2.72. The minimum absolute atomic E-state index is 0.0237. The maximum absolute atomic E-state index is 12.1. The molecule has 0 saturated carbocycles. The second-order valence-electron chi connectivity index (χ2n) is 5.53. The molecule has 2 rings (SSSR count). The Hall–Kier alpha value is -3.10. The number of halogens is 2. The van der Waals surface area contributed by atoms with Crippen LogP contribution >= 0.6 is 23.2 Å². The van der Waals surface area contributed by atoms with Crippen LogP contribution in [0.1, 0.15) is 31.1 Å². The van der Waals surface area contributed by atoms with Gasteiger partial charge < -0.3 is 19.5 Å². The third kappa shape index (κ3) is 5.94. The highest BCUT2D eigenvalue weighted by molar-refractivity contribution is 6.36. The summed E-state index contributed by atoms with van der Waals surface area (Å²) >= 11 is 11.7. The Bertz CT molecular complexity index is 941. The van der Waals surface area contributed by atoms with E-state index in [4.69, 9.17) is 27.9 Å². The Morgan fingerprint density at radius 2 is 1.45 bits per heavy atom. The fourth-order valence-electron chi connectivity index (χ4n) is 2.23. The van der Waals surface area contributed by atoms with Crippen molar-refractivity contribution < 1.29 is 33.4 Å². The lowest BCUT2D eigenvalue weighted by atomic mass is 10.1. The quantitative estimate of drug-likeness (QED) is 0.542. The molecule has 0 aromatic heterocycles. The van der Waals surface area contributed by atoms with Crippen molar-refractivity contribution in [1.29, 1.82) is 0 Å². The smallest absolute Gasteiger partial charge is 0.340 e. The van der Waals surface area contributed by atoms with Gasteiger partial charge in [0.1, 0.15) is 0 Å². The van der Waals surface area contributed by atoms with Gasteiger partial charge in [0.05, 0.1) is 35.9 Å². The lowest BCUT2D eigenvalue weighted by Crippen LogP contribution is -2.21. The summed E-state index contributed by atoms with van der Waals surface area (Å²) in [5.74, 6) is -2.95. The van der Waals surface area contributed by atoms with Crippen LogP contribution in [0.2, 0.25) is 10.0 Å². The number of carbonyl (C=O) groups excluding carboxylic acids is 4. The van der Waals surface area contributed by atoms with Crippen LogP contribution in [0.3, 0.4) is 0 Å². The fraction of sp³-hybridized carbons (Fsp3) is 0.158. The molecule has 2 aromatic rings. The largest absolute Gasteiger partial charge is 0.465 e. The van der Waals surface area contributed by atoms with Crippen molar-refractivity contribution in [3.63, 3.8) is 0 Å². The molecule has 0 aliphatic carbocycles. The summed E-state index contributed by atoms with van der Waals surface area (Å²) in [4.78, 5) is 47.7. The minimum Gasteiger partial charge on any atom is -0.465 e. The van der Waals surface area contributed by atoms with Gasteiger partial charge in [-0.2, -0.15) is 0 Å². The van der Waals surface area contributed by atoms with Crippen molar-refractivity contribution in [3.8, 4) is 0 Å². The van der Waals surface area contributed by atoms with E-state index in [0.29, 0.717) is 5.02 Å². The maximum Gasteiger partial charge on any atom is 0.340 e. The van der Waals surface area contributed by atoms with Crippen LogP contribution < -0.4 is 5.32 Å². The molecule has 0 radical (unpaired) electrons. The zero-order chi connectivity index (χ0) is 21.6. The Kier molecular flexibility index (Phi) is 7.58. The molecule has 2 aromatic carbocycles. The number of hydrogen-bond acceptors (Lipinski definition) is 7. The number of esters is 3. The van der Waals surface area contributed by atoms with Crippen LogP contribution in [0.25, 0.3) is 0 Å². The molecule has 0 saturated heterocycles. The van der Waals surface area contributed by atoms with Crippen LogP contribution in [-0.2, 0) is 19.0 Å². The Morgan fingerprint density at radius 3 is 1.97 bits per heavy atom. The first kappa shape index (κ1) is 22.2. The van der Waals surface area contributed by atoms with Gasteiger partial charge in [0.15, 0.2) is 6.61 Å². The Morgan fingerprint density at radius 1 is 0.862 bits per heavy atom. The van der Waals surface area contributed by atoms with Gasteiger partial charge in [0.25, 0.3) is 5.91 Å². The molecule has 0 aliphatic rings. The molecule has 0 spiro atoms. The molecule has 0 fully saturated rings. The molecule has 29 heavy (non-hydrogen) atoms. The van der Waals surface area contributed by atoms with Crippen molar-refractivity contribution in [2.45, 2.75) is 0 Å². The Balaban J connectivity index is 2.10. The molecule has 10 heteroatoms. The number of anilines is 1. The molecule has 0 aliphatic heterocycles. The van der Waals surface area contributed by atoms with Gasteiger partial charge in [-0.15, -0.1) is 0 Å². The first-order chi connectivity index (χ1) is 13.7. The predicted molar refractivity (Wildman–Crippen MR) is 104 cm³/mol. The van der Waals surface area contributed by atoms with E-state index in [1.807, 2.05) is 0 Å². The van der Waals surface area contributed by atoms with E-state index in [9.17, 15) is 19.2 Å². The topological polar surface area (TPSA) is 108 Å². The number of methoxy groups -OCH3 is 2. The number of amides is 1. The van der Waals surface area contributed by atoms with Gasteiger partial charge in [-0.1, -0.05) is 23.2 Å². The highest BCUT2D eigenvalue weighted by Crippen LogP contribution is 2.22. The van der Waals surface area contributed by atoms with Crippen molar-refractivity contribution >= 4 is 52.7 Å². The van der Waals surface area contributed by atoms with E-state index in [2.05, 4.69) is 14.8 Å². The van der Waals surface area contributed by atoms with E-state index in [1.165, 1.54) is 50.6 Å². The average molecular weight is 440 g/mol. The predicted octanol–water partition coefficient (Wildman–Crippen LogP) is 3.36. The summed E-state index contributed by atoms with van der Waals surface area (Å²) in [6.07, 6.45) is 0. The first-order valence-electron chi connectivity index (χ1n) is 7.99. The number of rotatable bonds is 6. The van der Waals surface area contributed by atoms with Gasteiger partial charge in [-0.25, -0.2) is 14.4 Å². The second-order valence-corrected chi connectivity index (χ2v) is 6.37. The number of nitrogens with one attached hydrogen (secondary N) is 1. The van der Waals surface area contributed by atoms with Crippen molar-refractivity contribution in [2.75, 3.05) is 26.1 Å². The summed E-state index contributed by atoms with van der Waals surface area (Å²) in [6.45, 7) is -0.631. The van der Waals surface area contributed by atoms with Gasteiger partial charge in [-0.3, -0.25) is 4.79 Å². The normalized spacial score (nSPS) is 10.1. The Labute approximate surface area is 175 Å². The monoisotopic (exact) mass is 439 g/mol. The first-order valence-corrected chi connectivity index (χ1v) is 8.74. The second kappa shape index (κ2) is 9.90. The van der Waals surface area contributed by atoms with Crippen LogP contribution in [-0.4, -0.2) is 44.6 Å². The molecule has 0 unspecified atom stereocenters. The summed E-state index contributed by atoms with van der Waals surface area (Å²) in [5.41, 5.74) is 0.203. The zero-order valence-corrected chi connectivity index (χ0v) is 16.8. The van der Waals surface area contributed by atoms with Crippen molar-refractivity contribution in [3.05, 3.63) is 63.1 Å². The number of carbonyl (C=O) groups is 4. The third-order valence-corrected chi connectivity index (χ3v) is 4.09. The number of hydrogen-bond donors (Lipinski definition) is 1. The number of ether oxygens (including phenoxy) is 3. The molecular formula is C19H15Cl2NO7. The van der Waals surface area contributed by atoms with Crippen molar-refractivity contribution in [2.24, 2.45) is 0 Å². The molecule has 1 amide bonds. The van der Waals surface area contributed by atoms with Gasteiger partial charge >= 0.3 is 17.9 Å². The van der Waals surface area contributed by atoms with E-state index in [-0.39, 0.29) is 27.4 Å². The highest BCUT2D eigenvalue weighted by atomic mass is 35.5. The molecule has 1 N–H and O–H groups in total. The van der Waals surface area contributed by atoms with Crippen LogP contribution in [0.15, 0.2) is 36.4 Å². The van der Waals surface area contributed by atoms with Gasteiger partial charge in [0, 0.05) is 10.7 Å². The van der Waals surface area contributed by atoms with Crippen LogP contribution in [0.5, 0.6) is 0 Å². The van der Waals surface area contributed by atoms with Gasteiger partial charge in [0.2, 0.25) is 0 Å². The standard InChI is InChI=1S/C19H15Cl2NO7/c1-27-17(24)10-5-11(18(25)28-2)7-13(6-10)22-16(23)9-29-19(26)14-4-3-12(20)8-15(14)21/h3-8H,9H2,1-2H3,(H,22,23). The summed E-state index contributed by atoms with van der Waals surface area (Å²) in [7, 11) is 2.35. The van der Waals surface area contributed by atoms with E-state index >= 15 is 0 Å².